The Labute approximate surface area is 122 Å². The maximum absolute atomic E-state index is 12.1. The number of esters is 1. The molecular weight excluding hydrogens is 280 g/mol. The summed E-state index contributed by atoms with van der Waals surface area (Å²) in [6.07, 6.45) is -4.44. The molecule has 4 atom stereocenters. The van der Waals surface area contributed by atoms with Gasteiger partial charge in [0.1, 0.15) is 18.0 Å². The molecule has 7 heteroatoms. The Hall–Kier alpha value is -1.67. The highest BCUT2D eigenvalue weighted by atomic mass is 16.7. The van der Waals surface area contributed by atoms with Crippen molar-refractivity contribution in [3.05, 3.63) is 29.8 Å². The summed E-state index contributed by atoms with van der Waals surface area (Å²) in [5.74, 6) is -0.0424. The molecule has 0 saturated carbocycles. The fourth-order valence-corrected chi connectivity index (χ4v) is 2.01. The number of ether oxygens (including phenoxy) is 4. The predicted molar refractivity (Wildman–Crippen MR) is 71.0 cm³/mol. The molecule has 0 amide bonds. The Bertz CT molecular complexity index is 471. The number of rotatable bonds is 4. The second kappa shape index (κ2) is 6.86. The van der Waals surface area contributed by atoms with Crippen molar-refractivity contribution in [2.75, 3.05) is 20.8 Å². The topological polar surface area (TPSA) is 94.5 Å². The van der Waals surface area contributed by atoms with Crippen molar-refractivity contribution in [1.82, 2.24) is 0 Å². The predicted octanol–water partition coefficient (Wildman–Crippen LogP) is -0.0549. The van der Waals surface area contributed by atoms with Crippen LogP contribution in [0.1, 0.15) is 10.4 Å². The van der Waals surface area contributed by atoms with Gasteiger partial charge in [-0.3, -0.25) is 0 Å². The number of methoxy groups -OCH3 is 2. The Morgan fingerprint density at radius 1 is 1.24 bits per heavy atom. The molecule has 1 aliphatic rings. The normalized spacial score (nSPS) is 29.0. The number of benzene rings is 1. The molecule has 1 aromatic rings. The average Bonchev–Trinajstić information content (AvgIpc) is 2.52. The first-order chi connectivity index (χ1) is 10.1. The van der Waals surface area contributed by atoms with E-state index in [0.717, 1.165) is 0 Å². The lowest BCUT2D eigenvalue weighted by Gasteiger charge is -2.36. The Morgan fingerprint density at radius 2 is 1.90 bits per heavy atom. The van der Waals surface area contributed by atoms with Crippen LogP contribution in [0, 0.1) is 0 Å². The number of carbonyl (C=O) groups excluding carboxylic acids is 1. The van der Waals surface area contributed by atoms with Gasteiger partial charge in [-0.05, 0) is 24.3 Å². The van der Waals surface area contributed by atoms with Gasteiger partial charge in [-0.2, -0.15) is 0 Å². The van der Waals surface area contributed by atoms with Gasteiger partial charge in [0.2, 0.25) is 0 Å². The van der Waals surface area contributed by atoms with E-state index in [-0.39, 0.29) is 12.2 Å². The molecule has 2 N–H and O–H groups in total. The molecular formula is C14H18O7. The van der Waals surface area contributed by atoms with Gasteiger partial charge in [0.05, 0.1) is 19.3 Å². The minimum absolute atomic E-state index is 0.0870. The zero-order chi connectivity index (χ0) is 15.4. The van der Waals surface area contributed by atoms with E-state index in [1.165, 1.54) is 26.4 Å². The van der Waals surface area contributed by atoms with E-state index in [1.54, 1.807) is 12.1 Å². The van der Waals surface area contributed by atoms with E-state index in [0.29, 0.717) is 5.75 Å². The molecule has 1 aliphatic heterocycles. The summed E-state index contributed by atoms with van der Waals surface area (Å²) in [7, 11) is 2.89. The van der Waals surface area contributed by atoms with E-state index in [9.17, 15) is 15.0 Å². The maximum atomic E-state index is 12.1. The van der Waals surface area contributed by atoms with Crippen molar-refractivity contribution in [3.8, 4) is 5.75 Å². The quantitative estimate of drug-likeness (QED) is 0.752. The van der Waals surface area contributed by atoms with Gasteiger partial charge in [-0.1, -0.05) is 0 Å². The Balaban J connectivity index is 2.08. The monoisotopic (exact) mass is 298 g/mol. The van der Waals surface area contributed by atoms with Crippen molar-refractivity contribution in [2.24, 2.45) is 0 Å². The highest BCUT2D eigenvalue weighted by Crippen LogP contribution is 2.21. The van der Waals surface area contributed by atoms with Crippen LogP contribution < -0.4 is 4.74 Å². The van der Waals surface area contributed by atoms with Crippen molar-refractivity contribution in [1.29, 1.82) is 0 Å². The summed E-state index contributed by atoms with van der Waals surface area (Å²) in [4.78, 5) is 12.1. The molecule has 0 aromatic heterocycles. The zero-order valence-corrected chi connectivity index (χ0v) is 11.8. The van der Waals surface area contributed by atoms with Crippen molar-refractivity contribution in [2.45, 2.75) is 24.6 Å². The van der Waals surface area contributed by atoms with Gasteiger partial charge in [-0.15, -0.1) is 0 Å². The van der Waals surface area contributed by atoms with Gasteiger partial charge in [0.15, 0.2) is 12.4 Å². The van der Waals surface area contributed by atoms with Crippen molar-refractivity contribution < 1.29 is 34.0 Å². The lowest BCUT2D eigenvalue weighted by Crippen LogP contribution is -2.55. The molecule has 116 valence electrons. The summed E-state index contributed by atoms with van der Waals surface area (Å²) in [6.45, 7) is -0.0870. The van der Waals surface area contributed by atoms with Gasteiger partial charge >= 0.3 is 5.97 Å². The fourth-order valence-electron chi connectivity index (χ4n) is 2.01. The molecule has 0 radical (unpaired) electrons. The summed E-state index contributed by atoms with van der Waals surface area (Å²) in [5, 5.41) is 19.5. The number of aliphatic hydroxyl groups is 2. The first kappa shape index (κ1) is 15.7. The molecule has 0 unspecified atom stereocenters. The average molecular weight is 298 g/mol. The van der Waals surface area contributed by atoms with Crippen LogP contribution in [0.15, 0.2) is 24.3 Å². The molecule has 0 bridgehead atoms. The number of hydrogen-bond acceptors (Lipinski definition) is 7. The summed E-state index contributed by atoms with van der Waals surface area (Å²) in [5.41, 5.74) is 0.290. The molecule has 2 rings (SSSR count). The van der Waals surface area contributed by atoms with Crippen LogP contribution in [0.25, 0.3) is 0 Å². The van der Waals surface area contributed by atoms with Gasteiger partial charge in [0, 0.05) is 7.11 Å². The lowest BCUT2D eigenvalue weighted by molar-refractivity contribution is -0.261. The van der Waals surface area contributed by atoms with Gasteiger partial charge in [0.25, 0.3) is 0 Å². The lowest BCUT2D eigenvalue weighted by atomic mass is 10.1. The van der Waals surface area contributed by atoms with Crippen molar-refractivity contribution >= 4 is 5.97 Å². The minimum Gasteiger partial charge on any atom is -0.497 e. The Kier molecular flexibility index (Phi) is 5.13. The standard InChI is InChI=1S/C14H18O7/c1-18-9-5-3-8(4-6-9)13(17)21-12-11(16)10(15)7-20-14(12)19-2/h3-6,10-12,14-16H,7H2,1-2H3/t10-,11-,12+,14-/m0/s1. The molecule has 1 saturated heterocycles. The van der Waals surface area contributed by atoms with Crippen LogP contribution in [-0.2, 0) is 14.2 Å². The smallest absolute Gasteiger partial charge is 0.338 e. The molecule has 21 heavy (non-hydrogen) atoms. The molecule has 1 fully saturated rings. The number of aliphatic hydroxyl groups excluding tert-OH is 2. The third-order valence-electron chi connectivity index (χ3n) is 3.23. The maximum Gasteiger partial charge on any atom is 0.338 e. The van der Waals surface area contributed by atoms with Gasteiger partial charge in [-0.25, -0.2) is 4.79 Å². The SMILES string of the molecule is COc1ccc(C(=O)O[C@H]2[C@@H](OC)OC[C@H](O)[C@@H]2O)cc1. The van der Waals surface area contributed by atoms with Crippen molar-refractivity contribution in [3.63, 3.8) is 0 Å². The highest BCUT2D eigenvalue weighted by Gasteiger charge is 2.41. The summed E-state index contributed by atoms with van der Waals surface area (Å²) >= 11 is 0. The van der Waals surface area contributed by atoms with E-state index in [1.807, 2.05) is 0 Å². The first-order valence-corrected chi connectivity index (χ1v) is 6.42. The number of hydrogen-bond donors (Lipinski definition) is 2. The van der Waals surface area contributed by atoms with Crippen LogP contribution >= 0.6 is 0 Å². The van der Waals surface area contributed by atoms with Crippen LogP contribution in [0.5, 0.6) is 5.75 Å². The minimum atomic E-state index is -1.27. The van der Waals surface area contributed by atoms with Crippen LogP contribution in [-0.4, -0.2) is 61.6 Å². The highest BCUT2D eigenvalue weighted by molar-refractivity contribution is 5.89. The molecule has 1 aromatic carbocycles. The largest absolute Gasteiger partial charge is 0.497 e. The molecule has 0 aliphatic carbocycles. The zero-order valence-electron chi connectivity index (χ0n) is 11.8. The molecule has 1 heterocycles. The van der Waals surface area contributed by atoms with E-state index in [2.05, 4.69) is 0 Å². The molecule has 7 nitrogen and oxygen atoms in total. The summed E-state index contributed by atoms with van der Waals surface area (Å²) < 4.78 is 20.4. The van der Waals surface area contributed by atoms with Crippen LogP contribution in [0.4, 0.5) is 0 Å². The second-order valence-corrected chi connectivity index (χ2v) is 4.59. The van der Waals surface area contributed by atoms with E-state index < -0.39 is 30.6 Å². The molecule has 0 spiro atoms. The van der Waals surface area contributed by atoms with Crippen LogP contribution in [0.3, 0.4) is 0 Å². The third kappa shape index (κ3) is 3.51. The number of carbonyl (C=O) groups is 1. The van der Waals surface area contributed by atoms with E-state index >= 15 is 0 Å². The Morgan fingerprint density at radius 3 is 2.48 bits per heavy atom. The second-order valence-electron chi connectivity index (χ2n) is 4.59. The first-order valence-electron chi connectivity index (χ1n) is 6.42. The van der Waals surface area contributed by atoms with Crippen LogP contribution in [0.2, 0.25) is 0 Å². The van der Waals surface area contributed by atoms with Gasteiger partial charge < -0.3 is 29.2 Å². The summed E-state index contributed by atoms with van der Waals surface area (Å²) in [6, 6.07) is 6.31. The third-order valence-corrected chi connectivity index (χ3v) is 3.23. The fraction of sp³-hybridized carbons (Fsp3) is 0.500. The van der Waals surface area contributed by atoms with E-state index in [4.69, 9.17) is 18.9 Å².